The molecule has 1 heterocycles. The van der Waals surface area contributed by atoms with Crippen LogP contribution in [-0.4, -0.2) is 33.2 Å². The van der Waals surface area contributed by atoms with Crippen LogP contribution in [0.25, 0.3) is 0 Å². The van der Waals surface area contributed by atoms with Gasteiger partial charge in [0, 0.05) is 11.8 Å². The van der Waals surface area contributed by atoms with Crippen LogP contribution in [0.15, 0.2) is 18.3 Å². The first kappa shape index (κ1) is 14.0. The van der Waals surface area contributed by atoms with Crippen LogP contribution in [0.1, 0.15) is 12.0 Å². The maximum atomic E-state index is 13.3. The van der Waals surface area contributed by atoms with Gasteiger partial charge >= 0.3 is 11.9 Å². The minimum Gasteiger partial charge on any atom is -0.481 e. The van der Waals surface area contributed by atoms with Crippen LogP contribution in [0.5, 0.6) is 0 Å². The number of carboxylic acid groups (broad SMARTS) is 2. The van der Waals surface area contributed by atoms with Gasteiger partial charge in [-0.1, -0.05) is 6.07 Å². The lowest BCUT2D eigenvalue weighted by Gasteiger charge is -2.14. The van der Waals surface area contributed by atoms with Gasteiger partial charge in [0.1, 0.15) is 6.04 Å². The van der Waals surface area contributed by atoms with Crippen molar-refractivity contribution in [2.24, 2.45) is 11.7 Å². The van der Waals surface area contributed by atoms with E-state index in [1.165, 1.54) is 18.3 Å². The van der Waals surface area contributed by atoms with Gasteiger partial charge in [-0.25, -0.2) is 4.98 Å². The molecule has 0 bridgehead atoms. The summed E-state index contributed by atoms with van der Waals surface area (Å²) in [6, 6.07) is 1.60. The fourth-order valence-corrected chi connectivity index (χ4v) is 1.52. The standard InChI is InChI=1S/C11H13FN2O4/c12-9-6(2-1-3-14-9)4-7(10(15)16)5-8(13)11(17)18/h1-3,7-8H,4-5,13H2,(H,15,16)(H,17,18)/i12-1. The number of pyridine rings is 1. The molecular formula is C11H13FN2O4. The molecule has 7 heteroatoms. The van der Waals surface area contributed by atoms with E-state index in [2.05, 4.69) is 4.98 Å². The lowest BCUT2D eigenvalue weighted by molar-refractivity contribution is -0.143. The van der Waals surface area contributed by atoms with E-state index in [4.69, 9.17) is 15.9 Å². The minimum absolute atomic E-state index is 0.127. The van der Waals surface area contributed by atoms with Gasteiger partial charge in [-0.3, -0.25) is 9.59 Å². The Morgan fingerprint density at radius 1 is 1.39 bits per heavy atom. The van der Waals surface area contributed by atoms with Crippen LogP contribution in [0.4, 0.5) is 4.39 Å². The van der Waals surface area contributed by atoms with E-state index in [1.54, 1.807) is 0 Å². The van der Waals surface area contributed by atoms with E-state index in [1.807, 2.05) is 0 Å². The average molecular weight is 255 g/mol. The molecule has 2 atom stereocenters. The lowest BCUT2D eigenvalue weighted by Crippen LogP contribution is -2.35. The van der Waals surface area contributed by atoms with E-state index in [0.717, 1.165) is 0 Å². The normalized spacial score (nSPS) is 13.9. The van der Waals surface area contributed by atoms with Crippen molar-refractivity contribution in [3.05, 3.63) is 29.8 Å². The SMILES string of the molecule is NC(CC(Cc1cccnc1[18F])C(=O)O)C(=O)O. The molecule has 98 valence electrons. The third kappa shape index (κ3) is 3.77. The van der Waals surface area contributed by atoms with E-state index in [9.17, 15) is 14.0 Å². The molecule has 0 aliphatic carbocycles. The summed E-state index contributed by atoms with van der Waals surface area (Å²) in [5.74, 6) is -4.31. The van der Waals surface area contributed by atoms with Crippen LogP contribution in [0.2, 0.25) is 0 Å². The molecular weight excluding hydrogens is 242 g/mol. The second kappa shape index (κ2) is 6.06. The van der Waals surface area contributed by atoms with E-state index < -0.39 is 29.8 Å². The van der Waals surface area contributed by atoms with Gasteiger partial charge < -0.3 is 15.9 Å². The van der Waals surface area contributed by atoms with Crippen molar-refractivity contribution < 1.29 is 24.2 Å². The van der Waals surface area contributed by atoms with E-state index in [-0.39, 0.29) is 18.4 Å². The van der Waals surface area contributed by atoms with E-state index in [0.29, 0.717) is 0 Å². The Hall–Kier alpha value is -2.02. The number of nitrogens with two attached hydrogens (primary N) is 1. The number of aliphatic carboxylic acids is 2. The van der Waals surface area contributed by atoms with Gasteiger partial charge in [-0.2, -0.15) is 4.39 Å². The van der Waals surface area contributed by atoms with Crippen LogP contribution in [0.3, 0.4) is 0 Å². The third-order valence-electron chi connectivity index (χ3n) is 2.51. The zero-order valence-electron chi connectivity index (χ0n) is 9.41. The second-order valence-electron chi connectivity index (χ2n) is 3.87. The highest BCUT2D eigenvalue weighted by Gasteiger charge is 2.25. The maximum absolute atomic E-state index is 13.3. The minimum atomic E-state index is -1.29. The molecule has 0 fully saturated rings. The van der Waals surface area contributed by atoms with Crippen LogP contribution in [-0.2, 0) is 16.0 Å². The number of rotatable bonds is 6. The molecule has 1 aromatic rings. The van der Waals surface area contributed by atoms with Gasteiger partial charge in [0.25, 0.3) is 0 Å². The summed E-state index contributed by atoms with van der Waals surface area (Å²) in [6.07, 6.45) is 0.840. The number of carboxylic acids is 2. The van der Waals surface area contributed by atoms with Crippen molar-refractivity contribution in [1.29, 1.82) is 0 Å². The van der Waals surface area contributed by atoms with E-state index >= 15 is 0 Å². The Kier molecular flexibility index (Phi) is 4.73. The number of carbonyl (C=O) groups is 2. The molecule has 0 saturated carbocycles. The van der Waals surface area contributed by atoms with Crippen molar-refractivity contribution in [3.8, 4) is 0 Å². The van der Waals surface area contributed by atoms with Crippen molar-refractivity contribution in [3.63, 3.8) is 0 Å². The summed E-state index contributed by atoms with van der Waals surface area (Å²) in [5.41, 5.74) is 5.40. The Labute approximate surface area is 102 Å². The number of nitrogens with zero attached hydrogens (tertiary/aromatic N) is 1. The highest BCUT2D eigenvalue weighted by atomic mass is 18.2. The van der Waals surface area contributed by atoms with Crippen molar-refractivity contribution >= 4 is 11.9 Å². The van der Waals surface area contributed by atoms with Gasteiger partial charge in [0.05, 0.1) is 5.92 Å². The summed E-state index contributed by atoms with van der Waals surface area (Å²) in [5, 5.41) is 17.6. The van der Waals surface area contributed by atoms with Gasteiger partial charge in [-0.05, 0) is 18.9 Å². The number of halogens is 1. The number of aromatic nitrogens is 1. The molecule has 4 N–H and O–H groups in total. The summed E-state index contributed by atoms with van der Waals surface area (Å²) < 4.78 is 13.3. The first-order valence-corrected chi connectivity index (χ1v) is 5.22. The molecule has 0 radical (unpaired) electrons. The predicted molar refractivity (Wildman–Crippen MR) is 59.3 cm³/mol. The summed E-state index contributed by atoms with van der Waals surface area (Å²) in [7, 11) is 0. The fourth-order valence-electron chi connectivity index (χ4n) is 1.52. The Morgan fingerprint density at radius 2 is 2.06 bits per heavy atom. The van der Waals surface area contributed by atoms with Crippen LogP contribution in [0, 0.1) is 11.9 Å². The van der Waals surface area contributed by atoms with Gasteiger partial charge in [0.2, 0.25) is 5.95 Å². The Morgan fingerprint density at radius 3 is 2.56 bits per heavy atom. The second-order valence-corrected chi connectivity index (χ2v) is 3.87. The van der Waals surface area contributed by atoms with Gasteiger partial charge in [0.15, 0.2) is 0 Å². The predicted octanol–water partition coefficient (Wildman–Crippen LogP) is 0.266. The highest BCUT2D eigenvalue weighted by molar-refractivity contribution is 5.76. The number of hydrogen-bond donors (Lipinski definition) is 3. The molecule has 1 aromatic heterocycles. The highest BCUT2D eigenvalue weighted by Crippen LogP contribution is 2.16. The smallest absolute Gasteiger partial charge is 0.320 e. The largest absolute Gasteiger partial charge is 0.481 e. The molecule has 0 aliphatic rings. The zero-order chi connectivity index (χ0) is 13.7. The number of hydrogen-bond acceptors (Lipinski definition) is 4. The molecule has 0 aliphatic heterocycles. The summed E-state index contributed by atoms with van der Waals surface area (Å²) in [6.45, 7) is 0. The maximum Gasteiger partial charge on any atom is 0.320 e. The summed E-state index contributed by atoms with van der Waals surface area (Å²) in [4.78, 5) is 25.0. The summed E-state index contributed by atoms with van der Waals surface area (Å²) >= 11 is 0. The van der Waals surface area contributed by atoms with Gasteiger partial charge in [-0.15, -0.1) is 0 Å². The first-order chi connectivity index (χ1) is 8.41. The Balaban J connectivity index is 2.78. The third-order valence-corrected chi connectivity index (χ3v) is 2.51. The molecule has 1 rings (SSSR count). The van der Waals surface area contributed by atoms with Crippen LogP contribution >= 0.6 is 0 Å². The zero-order valence-corrected chi connectivity index (χ0v) is 9.41. The van der Waals surface area contributed by atoms with Crippen molar-refractivity contribution in [2.75, 3.05) is 0 Å². The van der Waals surface area contributed by atoms with Crippen molar-refractivity contribution in [1.82, 2.24) is 4.98 Å². The van der Waals surface area contributed by atoms with Crippen LogP contribution < -0.4 is 5.73 Å². The average Bonchev–Trinajstić information content (AvgIpc) is 2.30. The topological polar surface area (TPSA) is 114 Å². The quantitative estimate of drug-likeness (QED) is 0.628. The fraction of sp³-hybridized carbons (Fsp3) is 0.364. The first-order valence-electron chi connectivity index (χ1n) is 5.22. The molecule has 2 unspecified atom stereocenters. The molecule has 0 saturated heterocycles. The molecule has 0 spiro atoms. The molecule has 0 amide bonds. The van der Waals surface area contributed by atoms with Crippen molar-refractivity contribution in [2.45, 2.75) is 18.9 Å². The monoisotopic (exact) mass is 255 g/mol. The molecule has 0 aromatic carbocycles. The molecule has 18 heavy (non-hydrogen) atoms. The Bertz CT molecular complexity index is 452. The molecule has 6 nitrogen and oxygen atoms in total. The lowest BCUT2D eigenvalue weighted by atomic mass is 9.93.